The van der Waals surface area contributed by atoms with Gasteiger partial charge in [-0.25, -0.2) is 5.48 Å². The molecule has 23 heavy (non-hydrogen) atoms. The third-order valence-electron chi connectivity index (χ3n) is 3.46. The Morgan fingerprint density at radius 1 is 1.09 bits per heavy atom. The van der Waals surface area contributed by atoms with E-state index >= 15 is 0 Å². The standard InChI is InChI=1S/C19H21NO3/c1-14(2)12-13-23-17-10-8-16(9-11-17)18(19(21)20-22)15-6-4-3-5-7-15/h3-12,18,22H,13H2,1-2H3,(H,20,21). The molecule has 0 radical (unpaired) electrons. The fraction of sp³-hybridized carbons (Fsp3) is 0.211. The van der Waals surface area contributed by atoms with E-state index in [4.69, 9.17) is 9.94 Å². The van der Waals surface area contributed by atoms with Gasteiger partial charge in [-0.1, -0.05) is 48.0 Å². The Bertz CT molecular complexity index is 659. The minimum Gasteiger partial charge on any atom is -0.490 e. The largest absolute Gasteiger partial charge is 0.490 e. The summed E-state index contributed by atoms with van der Waals surface area (Å²) in [4.78, 5) is 12.0. The van der Waals surface area contributed by atoms with E-state index in [0.717, 1.165) is 16.9 Å². The minimum atomic E-state index is -0.562. The van der Waals surface area contributed by atoms with Crippen LogP contribution in [0.2, 0.25) is 0 Å². The molecule has 0 aliphatic rings. The van der Waals surface area contributed by atoms with Crippen LogP contribution in [-0.4, -0.2) is 17.7 Å². The van der Waals surface area contributed by atoms with E-state index in [2.05, 4.69) is 0 Å². The first kappa shape index (κ1) is 16.8. The van der Waals surface area contributed by atoms with Gasteiger partial charge < -0.3 is 4.74 Å². The van der Waals surface area contributed by atoms with Crippen LogP contribution in [0, 0.1) is 0 Å². The number of hydrogen-bond acceptors (Lipinski definition) is 3. The number of amides is 1. The van der Waals surface area contributed by atoms with E-state index in [1.54, 1.807) is 5.48 Å². The maximum atomic E-state index is 12.0. The molecule has 0 fully saturated rings. The molecule has 0 aliphatic carbocycles. The smallest absolute Gasteiger partial charge is 0.255 e. The van der Waals surface area contributed by atoms with Crippen LogP contribution >= 0.6 is 0 Å². The summed E-state index contributed by atoms with van der Waals surface area (Å²) in [6.07, 6.45) is 2.00. The normalized spacial score (nSPS) is 11.4. The van der Waals surface area contributed by atoms with Crippen LogP contribution in [0.1, 0.15) is 30.9 Å². The van der Waals surface area contributed by atoms with Crippen molar-refractivity contribution in [3.05, 3.63) is 77.4 Å². The van der Waals surface area contributed by atoms with Gasteiger partial charge in [0.15, 0.2) is 0 Å². The van der Waals surface area contributed by atoms with Crippen LogP contribution in [0.3, 0.4) is 0 Å². The van der Waals surface area contributed by atoms with Gasteiger partial charge in [0.1, 0.15) is 12.4 Å². The lowest BCUT2D eigenvalue weighted by molar-refractivity contribution is -0.129. The first-order valence-corrected chi connectivity index (χ1v) is 7.47. The number of rotatable bonds is 6. The fourth-order valence-electron chi connectivity index (χ4n) is 2.27. The highest BCUT2D eigenvalue weighted by Gasteiger charge is 2.22. The summed E-state index contributed by atoms with van der Waals surface area (Å²) >= 11 is 0. The van der Waals surface area contributed by atoms with Crippen LogP contribution in [0.4, 0.5) is 0 Å². The summed E-state index contributed by atoms with van der Waals surface area (Å²) in [5.74, 6) is -0.287. The van der Waals surface area contributed by atoms with E-state index in [1.165, 1.54) is 5.57 Å². The number of ether oxygens (including phenoxy) is 1. The Morgan fingerprint density at radius 2 is 1.70 bits per heavy atom. The van der Waals surface area contributed by atoms with Crippen LogP contribution in [-0.2, 0) is 4.79 Å². The molecule has 2 rings (SSSR count). The fourth-order valence-corrected chi connectivity index (χ4v) is 2.27. The molecule has 1 atom stereocenters. The average Bonchev–Trinajstić information content (AvgIpc) is 2.57. The Kier molecular flexibility index (Phi) is 5.94. The first-order valence-electron chi connectivity index (χ1n) is 7.47. The Hall–Kier alpha value is -2.59. The van der Waals surface area contributed by atoms with Crippen molar-refractivity contribution in [3.8, 4) is 5.75 Å². The number of carbonyl (C=O) groups excluding carboxylic acids is 1. The highest BCUT2D eigenvalue weighted by Crippen LogP contribution is 2.26. The van der Waals surface area contributed by atoms with Gasteiger partial charge >= 0.3 is 0 Å². The van der Waals surface area contributed by atoms with Gasteiger partial charge in [0.2, 0.25) is 0 Å². The Morgan fingerprint density at radius 3 is 2.26 bits per heavy atom. The van der Waals surface area contributed by atoms with Crippen molar-refractivity contribution in [2.75, 3.05) is 6.61 Å². The molecule has 120 valence electrons. The molecule has 0 saturated carbocycles. The van der Waals surface area contributed by atoms with Gasteiger partial charge in [-0.05, 0) is 43.2 Å². The van der Waals surface area contributed by atoms with Gasteiger partial charge in [-0.15, -0.1) is 0 Å². The van der Waals surface area contributed by atoms with Crippen LogP contribution < -0.4 is 10.2 Å². The second-order valence-electron chi connectivity index (χ2n) is 5.48. The van der Waals surface area contributed by atoms with Crippen molar-refractivity contribution < 1.29 is 14.7 Å². The van der Waals surface area contributed by atoms with E-state index in [1.807, 2.05) is 74.5 Å². The monoisotopic (exact) mass is 311 g/mol. The molecule has 0 bridgehead atoms. The number of carbonyl (C=O) groups is 1. The van der Waals surface area contributed by atoms with Crippen molar-refractivity contribution >= 4 is 5.91 Å². The summed E-state index contributed by atoms with van der Waals surface area (Å²) < 4.78 is 5.62. The maximum absolute atomic E-state index is 12.0. The Balaban J connectivity index is 2.20. The quantitative estimate of drug-likeness (QED) is 0.486. The van der Waals surface area contributed by atoms with Crippen molar-refractivity contribution in [1.29, 1.82) is 0 Å². The predicted molar refractivity (Wildman–Crippen MR) is 89.6 cm³/mol. The number of nitrogens with one attached hydrogen (secondary N) is 1. The number of hydroxylamine groups is 1. The van der Waals surface area contributed by atoms with Gasteiger partial charge in [0.05, 0.1) is 5.92 Å². The van der Waals surface area contributed by atoms with Crippen LogP contribution in [0.5, 0.6) is 5.75 Å². The topological polar surface area (TPSA) is 58.6 Å². The predicted octanol–water partition coefficient (Wildman–Crippen LogP) is 3.67. The zero-order chi connectivity index (χ0) is 16.7. The highest BCUT2D eigenvalue weighted by atomic mass is 16.5. The molecule has 2 N–H and O–H groups in total. The van der Waals surface area contributed by atoms with Crippen molar-refractivity contribution in [2.45, 2.75) is 19.8 Å². The number of benzene rings is 2. The van der Waals surface area contributed by atoms with Gasteiger partial charge in [-0.2, -0.15) is 0 Å². The van der Waals surface area contributed by atoms with Crippen LogP contribution in [0.25, 0.3) is 0 Å². The molecular formula is C19H21NO3. The third kappa shape index (κ3) is 4.69. The molecule has 2 aromatic carbocycles. The van der Waals surface area contributed by atoms with E-state index < -0.39 is 11.8 Å². The summed E-state index contributed by atoms with van der Waals surface area (Å²) in [7, 11) is 0. The highest BCUT2D eigenvalue weighted by molar-refractivity contribution is 5.86. The first-order chi connectivity index (χ1) is 11.1. The molecule has 4 heteroatoms. The summed E-state index contributed by atoms with van der Waals surface area (Å²) in [6, 6.07) is 16.7. The van der Waals surface area contributed by atoms with Gasteiger partial charge in [0, 0.05) is 0 Å². The lowest BCUT2D eigenvalue weighted by Gasteiger charge is -2.16. The summed E-state index contributed by atoms with van der Waals surface area (Å²) in [6.45, 7) is 4.55. The van der Waals surface area contributed by atoms with Crippen LogP contribution in [0.15, 0.2) is 66.2 Å². The molecule has 0 aromatic heterocycles. The maximum Gasteiger partial charge on any atom is 0.255 e. The molecule has 4 nitrogen and oxygen atoms in total. The van der Waals surface area contributed by atoms with E-state index in [0.29, 0.717) is 6.61 Å². The average molecular weight is 311 g/mol. The molecule has 0 heterocycles. The second-order valence-corrected chi connectivity index (χ2v) is 5.48. The molecule has 2 aromatic rings. The minimum absolute atomic E-state index is 0.464. The van der Waals surface area contributed by atoms with Crippen molar-refractivity contribution in [3.63, 3.8) is 0 Å². The SMILES string of the molecule is CC(C)=CCOc1ccc(C(C(=O)NO)c2ccccc2)cc1. The zero-order valence-electron chi connectivity index (χ0n) is 13.3. The Labute approximate surface area is 136 Å². The molecule has 0 spiro atoms. The molecular weight excluding hydrogens is 290 g/mol. The van der Waals surface area contributed by atoms with E-state index in [-0.39, 0.29) is 0 Å². The summed E-state index contributed by atoms with van der Waals surface area (Å²) in [5.41, 5.74) is 4.55. The summed E-state index contributed by atoms with van der Waals surface area (Å²) in [5, 5.41) is 9.02. The van der Waals surface area contributed by atoms with Gasteiger partial charge in [-0.3, -0.25) is 10.0 Å². The van der Waals surface area contributed by atoms with Crippen molar-refractivity contribution in [2.24, 2.45) is 0 Å². The zero-order valence-corrected chi connectivity index (χ0v) is 13.3. The molecule has 1 amide bonds. The lowest BCUT2D eigenvalue weighted by Crippen LogP contribution is -2.27. The lowest BCUT2D eigenvalue weighted by atomic mass is 9.91. The van der Waals surface area contributed by atoms with E-state index in [9.17, 15) is 4.79 Å². The van der Waals surface area contributed by atoms with Gasteiger partial charge in [0.25, 0.3) is 5.91 Å². The molecule has 0 aliphatic heterocycles. The molecule has 1 unspecified atom stereocenters. The third-order valence-corrected chi connectivity index (χ3v) is 3.46. The molecule has 0 saturated heterocycles. The number of allylic oxidation sites excluding steroid dienone is 1. The second kappa shape index (κ2) is 8.15. The van der Waals surface area contributed by atoms with Crippen molar-refractivity contribution in [1.82, 2.24) is 5.48 Å². The number of hydrogen-bond donors (Lipinski definition) is 2.